The Morgan fingerprint density at radius 2 is 1.04 bits per heavy atom. The molecule has 1 aliphatic rings. The van der Waals surface area contributed by atoms with Crippen LogP contribution in [0.15, 0.2) is 91.0 Å². The summed E-state index contributed by atoms with van der Waals surface area (Å²) in [6.07, 6.45) is -3.89. The van der Waals surface area contributed by atoms with Crippen LogP contribution in [-0.4, -0.2) is 66.8 Å². The Balaban J connectivity index is 1.86. The summed E-state index contributed by atoms with van der Waals surface area (Å²) in [6, 6.07) is 27.7. The van der Waals surface area contributed by atoms with E-state index in [1.54, 1.807) is 0 Å². The zero-order chi connectivity index (χ0) is 38.2. The van der Waals surface area contributed by atoms with Crippen molar-refractivity contribution in [2.45, 2.75) is 115 Å². The largest absolute Gasteiger partial charge is 0.456 e. The summed E-state index contributed by atoms with van der Waals surface area (Å²) in [4.78, 5) is 64.5. The molecule has 0 bridgehead atoms. The van der Waals surface area contributed by atoms with E-state index in [9.17, 15) is 24.0 Å². The topological polar surface area (TPSA) is 144 Å². The highest BCUT2D eigenvalue weighted by atomic mass is 16.7. The van der Waals surface area contributed by atoms with Crippen LogP contribution in [0.4, 0.5) is 0 Å². The number of esters is 3. The van der Waals surface area contributed by atoms with Gasteiger partial charge in [0.05, 0.1) is 6.61 Å². The van der Waals surface area contributed by atoms with Gasteiger partial charge in [-0.1, -0.05) is 112 Å². The van der Waals surface area contributed by atoms with Gasteiger partial charge < -0.3 is 33.8 Å². The average molecular weight is 730 g/mol. The Bertz CT molecular complexity index is 1530. The van der Waals surface area contributed by atoms with Gasteiger partial charge in [0.25, 0.3) is 0 Å². The van der Waals surface area contributed by atoms with Gasteiger partial charge in [0.1, 0.15) is 23.5 Å². The van der Waals surface area contributed by atoms with Crippen LogP contribution in [0.25, 0.3) is 0 Å². The maximum atomic E-state index is 13.3. The molecule has 1 aliphatic heterocycles. The number of carbonyl (C=O) groups is 5. The Kier molecular flexibility index (Phi) is 15.7. The van der Waals surface area contributed by atoms with Gasteiger partial charge in [-0.15, -0.1) is 0 Å². The number of benzene rings is 3. The summed E-state index contributed by atoms with van der Waals surface area (Å²) < 4.78 is 31.5. The van der Waals surface area contributed by atoms with Crippen LogP contribution >= 0.6 is 0 Å². The number of amides is 1. The third-order valence-electron chi connectivity index (χ3n) is 8.83. The molecule has 1 fully saturated rings. The van der Waals surface area contributed by atoms with Crippen molar-refractivity contribution >= 4 is 29.6 Å². The fourth-order valence-corrected chi connectivity index (χ4v) is 6.32. The van der Waals surface area contributed by atoms with Crippen LogP contribution < -0.4 is 5.32 Å². The maximum absolute atomic E-state index is 13.3. The van der Waals surface area contributed by atoms with E-state index < -0.39 is 60.1 Å². The molecule has 0 aromatic heterocycles. The normalized spacial score (nSPS) is 19.8. The second kappa shape index (κ2) is 20.4. The molecule has 1 saturated heterocycles. The minimum Gasteiger partial charge on any atom is -0.456 e. The number of carbonyl (C=O) groups excluding carboxylic acids is 5. The first-order valence-corrected chi connectivity index (χ1v) is 18.5. The second-order valence-electron chi connectivity index (χ2n) is 13.1. The molecule has 284 valence electrons. The number of ether oxygens (including phenoxy) is 5. The first kappa shape index (κ1) is 40.9. The lowest BCUT2D eigenvalue weighted by Crippen LogP contribution is -2.67. The van der Waals surface area contributed by atoms with E-state index in [-0.39, 0.29) is 44.5 Å². The van der Waals surface area contributed by atoms with Crippen molar-refractivity contribution in [3.8, 4) is 0 Å². The number of Topliss-reactive ketones (excluding diaryl/α,β-unsaturated/α-hetero) is 1. The van der Waals surface area contributed by atoms with Gasteiger partial charge in [-0.3, -0.25) is 19.2 Å². The van der Waals surface area contributed by atoms with Crippen LogP contribution in [0.2, 0.25) is 0 Å². The van der Waals surface area contributed by atoms with Gasteiger partial charge in [-0.25, -0.2) is 0 Å². The molecule has 11 nitrogen and oxygen atoms in total. The lowest BCUT2D eigenvalue weighted by Gasteiger charge is -2.46. The zero-order valence-corrected chi connectivity index (χ0v) is 31.0. The van der Waals surface area contributed by atoms with Crippen molar-refractivity contribution in [3.63, 3.8) is 0 Å². The van der Waals surface area contributed by atoms with E-state index in [4.69, 9.17) is 23.7 Å². The highest BCUT2D eigenvalue weighted by Gasteiger charge is 2.53. The summed E-state index contributed by atoms with van der Waals surface area (Å²) >= 11 is 0. The predicted octanol–water partition coefficient (Wildman–Crippen LogP) is 6.34. The van der Waals surface area contributed by atoms with Gasteiger partial charge in [0.15, 0.2) is 12.2 Å². The first-order valence-electron chi connectivity index (χ1n) is 18.5. The Morgan fingerprint density at radius 3 is 1.47 bits per heavy atom. The Labute approximate surface area is 311 Å². The fourth-order valence-electron chi connectivity index (χ4n) is 6.32. The van der Waals surface area contributed by atoms with E-state index in [1.807, 2.05) is 112 Å². The lowest BCUT2D eigenvalue weighted by atomic mass is 9.80. The second-order valence-corrected chi connectivity index (χ2v) is 13.1. The van der Waals surface area contributed by atoms with E-state index in [2.05, 4.69) is 5.32 Å². The minimum atomic E-state index is -1.47. The van der Waals surface area contributed by atoms with Gasteiger partial charge in [-0.05, 0) is 42.9 Å². The molecule has 4 rings (SSSR count). The molecule has 53 heavy (non-hydrogen) atoms. The zero-order valence-electron chi connectivity index (χ0n) is 31.0. The molecule has 3 aromatic rings. The van der Waals surface area contributed by atoms with E-state index >= 15 is 0 Å². The van der Waals surface area contributed by atoms with Crippen molar-refractivity contribution < 1.29 is 47.7 Å². The number of nitrogens with one attached hydrogen (secondary N) is 1. The van der Waals surface area contributed by atoms with Gasteiger partial charge >= 0.3 is 17.9 Å². The first-order chi connectivity index (χ1) is 25.6. The van der Waals surface area contributed by atoms with E-state index in [0.29, 0.717) is 19.3 Å². The van der Waals surface area contributed by atoms with Crippen LogP contribution in [0.1, 0.15) is 95.8 Å². The van der Waals surface area contributed by atoms with Crippen molar-refractivity contribution in [2.24, 2.45) is 0 Å². The molecule has 1 amide bonds. The molecule has 1 N–H and O–H groups in total. The van der Waals surface area contributed by atoms with E-state index in [1.165, 1.54) is 6.92 Å². The molecule has 3 aromatic carbocycles. The molecule has 0 radical (unpaired) electrons. The van der Waals surface area contributed by atoms with E-state index in [0.717, 1.165) is 16.7 Å². The average Bonchev–Trinajstić information content (AvgIpc) is 3.15. The number of hydrogen-bond acceptors (Lipinski definition) is 10. The molecular formula is C42H51NO10. The quantitative estimate of drug-likeness (QED) is 0.0844. The third-order valence-corrected chi connectivity index (χ3v) is 8.83. The van der Waals surface area contributed by atoms with Crippen molar-refractivity contribution in [3.05, 3.63) is 108 Å². The van der Waals surface area contributed by atoms with Gasteiger partial charge in [-0.2, -0.15) is 0 Å². The molecule has 3 unspecified atom stereocenters. The lowest BCUT2D eigenvalue weighted by molar-refractivity contribution is -0.276. The summed E-state index contributed by atoms with van der Waals surface area (Å²) in [5, 5.41) is 2.77. The van der Waals surface area contributed by atoms with Crippen molar-refractivity contribution in [2.75, 3.05) is 6.61 Å². The fraction of sp³-hybridized carbons (Fsp3) is 0.452. The highest BCUT2D eigenvalue weighted by molar-refractivity contribution is 5.84. The molecule has 1 heterocycles. The number of ketones is 1. The van der Waals surface area contributed by atoms with Gasteiger partial charge in [0.2, 0.25) is 12.2 Å². The van der Waals surface area contributed by atoms with Crippen LogP contribution in [0.5, 0.6) is 0 Å². The maximum Gasteiger partial charge on any atom is 0.308 e. The highest BCUT2D eigenvalue weighted by Crippen LogP contribution is 2.41. The van der Waals surface area contributed by atoms with Crippen LogP contribution in [-0.2, 0) is 53.3 Å². The molecule has 0 aliphatic carbocycles. The van der Waals surface area contributed by atoms with Crippen LogP contribution in [0, 0.1) is 0 Å². The summed E-state index contributed by atoms with van der Waals surface area (Å²) in [6.45, 7) is 6.59. The Hall–Kier alpha value is -4.87. The van der Waals surface area contributed by atoms with Gasteiger partial charge in [0, 0.05) is 32.1 Å². The molecule has 11 heteroatoms. The summed E-state index contributed by atoms with van der Waals surface area (Å²) in [5.41, 5.74) is 1.21. The van der Waals surface area contributed by atoms with Crippen molar-refractivity contribution in [1.29, 1.82) is 0 Å². The van der Waals surface area contributed by atoms with Crippen LogP contribution in [0.3, 0.4) is 0 Å². The molecule has 0 spiro atoms. The Morgan fingerprint density at radius 1 is 0.604 bits per heavy atom. The standard InChI is InChI=1S/C42H51NO10/c1-5-17-35(46)51-39-33(28-49-42(30-20-11-8-12-21-30,31-22-13-9-14-23-31)32-24-15-10-16-25-32)50-41(53-37(48)19-7-3)38(40(39)52-36(47)18-6-2)43-34(45)27-26-29(4)44/h8-16,20-25,33,38-41H,5-7,17-19,26-28H2,1-4H3,(H,43,45)/t33?,38?,39-,40?,41+/m1/s1. The SMILES string of the molecule is CCCC(=O)OC1C(NC(=O)CCC(C)=O)[C@H](OC(=O)CCC)OC(COC(c2ccccc2)(c2ccccc2)c2ccccc2)[C@H]1OC(=O)CCC. The summed E-state index contributed by atoms with van der Waals surface area (Å²) in [5.74, 6) is -2.55. The molecule has 5 atom stereocenters. The third kappa shape index (κ3) is 11.1. The monoisotopic (exact) mass is 729 g/mol. The number of rotatable bonds is 19. The molecule has 0 saturated carbocycles. The predicted molar refractivity (Wildman–Crippen MR) is 196 cm³/mol. The smallest absolute Gasteiger partial charge is 0.308 e. The number of hydrogen-bond donors (Lipinski definition) is 1. The summed E-state index contributed by atoms with van der Waals surface area (Å²) in [7, 11) is 0. The minimum absolute atomic E-state index is 0.0358. The van der Waals surface area contributed by atoms with Crippen molar-refractivity contribution in [1.82, 2.24) is 5.32 Å². The molecular weight excluding hydrogens is 678 g/mol.